The van der Waals surface area contributed by atoms with Crippen molar-refractivity contribution < 1.29 is 29.1 Å². The average Bonchev–Trinajstić information content (AvgIpc) is 3.52. The highest BCUT2D eigenvalue weighted by atomic mass is 16.6. The summed E-state index contributed by atoms with van der Waals surface area (Å²) >= 11 is 0. The molecule has 3 fully saturated rings. The lowest BCUT2D eigenvalue weighted by Crippen LogP contribution is -2.59. The van der Waals surface area contributed by atoms with Gasteiger partial charge in [-0.15, -0.1) is 0 Å². The van der Waals surface area contributed by atoms with E-state index in [2.05, 4.69) is 47.0 Å². The highest BCUT2D eigenvalue weighted by molar-refractivity contribution is 6.40. The van der Waals surface area contributed by atoms with Crippen LogP contribution >= 0.6 is 0 Å². The molecule has 2 saturated heterocycles. The Hall–Kier alpha value is -2.43. The molecule has 37 heavy (non-hydrogen) atoms. The molecule has 1 saturated carbocycles. The topological polar surface area (TPSA) is 109 Å². The largest absolute Gasteiger partial charge is 0.488 e. The number of benzene rings is 2. The van der Waals surface area contributed by atoms with Crippen molar-refractivity contribution in [3.8, 4) is 16.9 Å². The van der Waals surface area contributed by atoms with Crippen molar-refractivity contribution in [2.45, 2.75) is 69.1 Å². The monoisotopic (exact) mass is 508 g/mol. The number of rotatable bonds is 12. The fourth-order valence-electron chi connectivity index (χ4n) is 5.66. The van der Waals surface area contributed by atoms with Crippen molar-refractivity contribution in [3.63, 3.8) is 0 Å². The lowest BCUT2D eigenvalue weighted by molar-refractivity contribution is -0.146. The minimum atomic E-state index is -1.29. The van der Waals surface area contributed by atoms with Crippen LogP contribution in [0.3, 0.4) is 0 Å². The summed E-state index contributed by atoms with van der Waals surface area (Å²) < 4.78 is 16.6. The molecule has 2 atom stereocenters. The molecular weight excluding hydrogens is 471 g/mol. The van der Waals surface area contributed by atoms with Gasteiger partial charge in [-0.1, -0.05) is 49.2 Å². The second-order valence-electron chi connectivity index (χ2n) is 10.5. The fraction of sp³-hybridized carbons (Fsp3) is 0.536. The smallest absolute Gasteiger partial charge is 0.451 e. The first-order valence-electron chi connectivity index (χ1n) is 13.5. The van der Waals surface area contributed by atoms with E-state index in [1.165, 1.54) is 11.1 Å². The Kier molecular flexibility index (Phi) is 8.47. The van der Waals surface area contributed by atoms with Crippen LogP contribution < -0.4 is 15.4 Å². The van der Waals surface area contributed by atoms with Crippen LogP contribution in [0, 0.1) is 5.92 Å². The summed E-state index contributed by atoms with van der Waals surface area (Å²) in [5.74, 6) is 0.948. The maximum atomic E-state index is 12.6. The van der Waals surface area contributed by atoms with Gasteiger partial charge in [-0.05, 0) is 60.3 Å². The second kappa shape index (κ2) is 12.0. The molecule has 198 valence electrons. The predicted octanol–water partition coefficient (Wildman–Crippen LogP) is 2.88. The summed E-state index contributed by atoms with van der Waals surface area (Å²) in [5.41, 5.74) is 2.92. The molecule has 2 aliphatic heterocycles. The third-order valence-electron chi connectivity index (χ3n) is 8.00. The van der Waals surface area contributed by atoms with Gasteiger partial charge in [0.25, 0.3) is 0 Å². The van der Waals surface area contributed by atoms with Gasteiger partial charge >= 0.3 is 13.1 Å². The lowest BCUT2D eigenvalue weighted by atomic mass is 9.66. The highest BCUT2D eigenvalue weighted by Gasteiger charge is 2.54. The lowest BCUT2D eigenvalue weighted by Gasteiger charge is -2.45. The molecule has 4 N–H and O–H groups in total. The SMILES string of the molecule is O=C1OCNC1(CCCCB(O)O)C1CC(NCc2ccc(-c3ccc(O[C@H]4CCOC4)cc3)cc2)C1. The number of unbranched alkanes of at least 4 members (excludes halogenated alkanes) is 1. The third-order valence-corrected chi connectivity index (χ3v) is 8.00. The predicted molar refractivity (Wildman–Crippen MR) is 141 cm³/mol. The molecule has 2 aromatic rings. The van der Waals surface area contributed by atoms with Crippen LogP contribution in [0.15, 0.2) is 48.5 Å². The van der Waals surface area contributed by atoms with Crippen LogP contribution in [0.2, 0.25) is 6.32 Å². The van der Waals surface area contributed by atoms with E-state index in [0.29, 0.717) is 31.8 Å². The molecule has 8 nitrogen and oxygen atoms in total. The van der Waals surface area contributed by atoms with E-state index in [1.807, 2.05) is 12.1 Å². The van der Waals surface area contributed by atoms with Crippen molar-refractivity contribution in [1.29, 1.82) is 0 Å². The summed E-state index contributed by atoms with van der Waals surface area (Å²) in [6, 6.07) is 17.2. The standard InChI is InChI=1S/C28H37BN2O6/c32-27-28(31-19-36-27,12-1-2-13-29(33)34)23-15-24(16-23)30-17-20-3-5-21(6-4-20)22-7-9-25(10-8-22)37-26-11-14-35-18-26/h3-10,23-24,26,30-31,33-34H,1-2,11-19H2/t23?,24?,26-,28?/m0/s1. The Balaban J connectivity index is 1.08. The average molecular weight is 508 g/mol. The zero-order valence-corrected chi connectivity index (χ0v) is 21.2. The molecule has 3 aliphatic rings. The number of carbonyl (C=O) groups is 1. The summed E-state index contributed by atoms with van der Waals surface area (Å²) in [4.78, 5) is 12.6. The zero-order chi connectivity index (χ0) is 25.7. The minimum absolute atomic E-state index is 0.157. The first-order valence-corrected chi connectivity index (χ1v) is 13.5. The van der Waals surface area contributed by atoms with Gasteiger partial charge in [-0.25, -0.2) is 4.79 Å². The molecule has 0 bridgehead atoms. The van der Waals surface area contributed by atoms with E-state index in [-0.39, 0.29) is 24.7 Å². The molecule has 1 unspecified atom stereocenters. The van der Waals surface area contributed by atoms with E-state index < -0.39 is 12.7 Å². The number of cyclic esters (lactones) is 1. The quantitative estimate of drug-likeness (QED) is 0.197. The maximum Gasteiger partial charge on any atom is 0.451 e. The van der Waals surface area contributed by atoms with Crippen molar-refractivity contribution >= 4 is 13.1 Å². The normalized spacial score (nSPS) is 27.1. The molecule has 0 radical (unpaired) electrons. The summed E-state index contributed by atoms with van der Waals surface area (Å²) in [6.07, 6.45) is 5.37. The van der Waals surface area contributed by atoms with Crippen LogP contribution in [-0.4, -0.2) is 60.8 Å². The first-order chi connectivity index (χ1) is 18.0. The first kappa shape index (κ1) is 26.2. The minimum Gasteiger partial charge on any atom is -0.488 e. The number of carbonyl (C=O) groups excluding carboxylic acids is 1. The van der Waals surface area contributed by atoms with Crippen LogP contribution in [0.25, 0.3) is 11.1 Å². The third kappa shape index (κ3) is 6.36. The van der Waals surface area contributed by atoms with E-state index in [0.717, 1.165) is 50.1 Å². The molecule has 0 spiro atoms. The van der Waals surface area contributed by atoms with Crippen LogP contribution in [0.5, 0.6) is 5.75 Å². The van der Waals surface area contributed by atoms with Crippen molar-refractivity contribution in [3.05, 3.63) is 54.1 Å². The van der Waals surface area contributed by atoms with Crippen LogP contribution in [-0.2, 0) is 20.8 Å². The van der Waals surface area contributed by atoms with Crippen LogP contribution in [0.1, 0.15) is 44.1 Å². The zero-order valence-electron chi connectivity index (χ0n) is 21.2. The number of hydrogen-bond acceptors (Lipinski definition) is 8. The summed E-state index contributed by atoms with van der Waals surface area (Å²) in [6.45, 7) is 2.48. The Morgan fingerprint density at radius 2 is 1.78 bits per heavy atom. The molecule has 0 amide bonds. The van der Waals surface area contributed by atoms with Gasteiger partial charge in [-0.3, -0.25) is 5.32 Å². The molecule has 2 heterocycles. The highest BCUT2D eigenvalue weighted by Crippen LogP contribution is 2.42. The number of esters is 1. The molecule has 1 aliphatic carbocycles. The van der Waals surface area contributed by atoms with Crippen molar-refractivity contribution in [2.75, 3.05) is 19.9 Å². The number of ether oxygens (including phenoxy) is 3. The molecule has 9 heteroatoms. The van der Waals surface area contributed by atoms with E-state index in [9.17, 15) is 4.79 Å². The van der Waals surface area contributed by atoms with Gasteiger partial charge in [0.2, 0.25) is 0 Å². The Bertz CT molecular complexity index is 1020. The van der Waals surface area contributed by atoms with Gasteiger partial charge in [0.1, 0.15) is 24.1 Å². The summed E-state index contributed by atoms with van der Waals surface area (Å²) in [7, 11) is -1.29. The van der Waals surface area contributed by atoms with Gasteiger partial charge < -0.3 is 29.6 Å². The second-order valence-corrected chi connectivity index (χ2v) is 10.5. The van der Waals surface area contributed by atoms with Gasteiger partial charge in [0, 0.05) is 19.0 Å². The Morgan fingerprint density at radius 3 is 2.41 bits per heavy atom. The Labute approximate surface area is 218 Å². The van der Waals surface area contributed by atoms with Crippen molar-refractivity contribution in [1.82, 2.24) is 10.6 Å². The van der Waals surface area contributed by atoms with Gasteiger partial charge in [0.15, 0.2) is 0 Å². The van der Waals surface area contributed by atoms with Gasteiger partial charge in [0.05, 0.1) is 13.2 Å². The van der Waals surface area contributed by atoms with E-state index in [1.54, 1.807) is 0 Å². The van der Waals surface area contributed by atoms with E-state index >= 15 is 0 Å². The van der Waals surface area contributed by atoms with Crippen molar-refractivity contribution in [2.24, 2.45) is 5.92 Å². The molecule has 0 aromatic heterocycles. The maximum absolute atomic E-state index is 12.6. The fourth-order valence-corrected chi connectivity index (χ4v) is 5.66. The number of hydrogen-bond donors (Lipinski definition) is 4. The summed E-state index contributed by atoms with van der Waals surface area (Å²) in [5, 5.41) is 25.1. The van der Waals surface area contributed by atoms with Gasteiger partial charge in [-0.2, -0.15) is 0 Å². The van der Waals surface area contributed by atoms with Crippen LogP contribution in [0.4, 0.5) is 0 Å². The molecule has 5 rings (SSSR count). The van der Waals surface area contributed by atoms with E-state index in [4.69, 9.17) is 24.3 Å². The number of nitrogens with one attached hydrogen (secondary N) is 2. The Morgan fingerprint density at radius 1 is 1.05 bits per heavy atom. The molecule has 2 aromatic carbocycles. The molecular formula is C28H37BN2O6.